The van der Waals surface area contributed by atoms with E-state index in [1.807, 2.05) is 0 Å². The number of nitrogens with one attached hydrogen (secondary N) is 2. The van der Waals surface area contributed by atoms with E-state index in [0.717, 1.165) is 25.8 Å². The number of hydrogen-bond acceptors (Lipinski definition) is 4. The average Bonchev–Trinajstić information content (AvgIpc) is 2.68. The Balaban J connectivity index is 1.91. The Bertz CT molecular complexity index is 269. The molecular weight excluding hydrogens is 232 g/mol. The molecule has 2 heterocycles. The monoisotopic (exact) mass is 256 g/mol. The van der Waals surface area contributed by atoms with E-state index in [4.69, 9.17) is 4.74 Å². The molecule has 0 saturated carbocycles. The van der Waals surface area contributed by atoms with Crippen molar-refractivity contribution >= 4 is 5.91 Å². The number of aliphatic hydroxyl groups is 1. The number of carbonyl (C=O) groups is 1. The van der Waals surface area contributed by atoms with Crippen molar-refractivity contribution in [1.82, 2.24) is 10.6 Å². The third kappa shape index (κ3) is 3.43. The van der Waals surface area contributed by atoms with Crippen LogP contribution in [0.5, 0.6) is 0 Å². The highest BCUT2D eigenvalue weighted by Gasteiger charge is 2.35. The Hall–Kier alpha value is -0.650. The minimum absolute atomic E-state index is 0.00514. The van der Waals surface area contributed by atoms with Gasteiger partial charge < -0.3 is 20.5 Å². The van der Waals surface area contributed by atoms with Crippen LogP contribution >= 0.6 is 0 Å². The van der Waals surface area contributed by atoms with Gasteiger partial charge in [-0.15, -0.1) is 0 Å². The third-order valence-corrected chi connectivity index (χ3v) is 4.02. The fourth-order valence-electron chi connectivity index (χ4n) is 2.69. The lowest BCUT2D eigenvalue weighted by atomic mass is 9.90. The van der Waals surface area contributed by atoms with Crippen molar-refractivity contribution in [3.8, 4) is 0 Å². The molecule has 1 atom stereocenters. The molecule has 2 aliphatic rings. The van der Waals surface area contributed by atoms with Crippen LogP contribution in [0.15, 0.2) is 0 Å². The van der Waals surface area contributed by atoms with Crippen molar-refractivity contribution in [1.29, 1.82) is 0 Å². The lowest BCUT2D eigenvalue weighted by Gasteiger charge is -2.37. The summed E-state index contributed by atoms with van der Waals surface area (Å²) in [6, 6.07) is -0.0984. The maximum Gasteiger partial charge on any atom is 0.237 e. The van der Waals surface area contributed by atoms with Gasteiger partial charge in [-0.2, -0.15) is 0 Å². The second-order valence-electron chi connectivity index (χ2n) is 5.40. The van der Waals surface area contributed by atoms with Crippen molar-refractivity contribution in [3.63, 3.8) is 0 Å². The molecule has 104 valence electrons. The zero-order valence-corrected chi connectivity index (χ0v) is 10.9. The summed E-state index contributed by atoms with van der Waals surface area (Å²) in [6.45, 7) is 2.13. The molecule has 0 aromatic rings. The van der Waals surface area contributed by atoms with Gasteiger partial charge in [0.2, 0.25) is 5.91 Å². The van der Waals surface area contributed by atoms with Gasteiger partial charge in [-0.3, -0.25) is 4.79 Å². The summed E-state index contributed by atoms with van der Waals surface area (Å²) >= 11 is 0. The molecule has 5 nitrogen and oxygen atoms in total. The highest BCUT2D eigenvalue weighted by atomic mass is 16.5. The molecule has 0 aromatic heterocycles. The van der Waals surface area contributed by atoms with Crippen LogP contribution in [-0.2, 0) is 9.53 Å². The predicted octanol–water partition coefficient (Wildman–Crippen LogP) is 0.176. The normalized spacial score (nSPS) is 28.4. The quantitative estimate of drug-likeness (QED) is 0.673. The smallest absolute Gasteiger partial charge is 0.237 e. The lowest BCUT2D eigenvalue weighted by Crippen LogP contribution is -2.58. The molecule has 18 heavy (non-hydrogen) atoms. The first-order chi connectivity index (χ1) is 8.76. The maximum absolute atomic E-state index is 12.3. The Morgan fingerprint density at radius 2 is 2.11 bits per heavy atom. The highest BCUT2D eigenvalue weighted by Crippen LogP contribution is 2.20. The van der Waals surface area contributed by atoms with Gasteiger partial charge in [0, 0.05) is 13.2 Å². The van der Waals surface area contributed by atoms with E-state index < -0.39 is 5.54 Å². The predicted molar refractivity (Wildman–Crippen MR) is 68.3 cm³/mol. The van der Waals surface area contributed by atoms with E-state index in [9.17, 15) is 9.90 Å². The molecule has 1 unspecified atom stereocenters. The summed E-state index contributed by atoms with van der Waals surface area (Å²) in [7, 11) is 0. The zero-order chi connectivity index (χ0) is 12.8. The van der Waals surface area contributed by atoms with E-state index in [1.165, 1.54) is 6.42 Å². The number of amides is 1. The second-order valence-corrected chi connectivity index (χ2v) is 5.40. The molecule has 0 spiro atoms. The van der Waals surface area contributed by atoms with Gasteiger partial charge in [0.15, 0.2) is 0 Å². The molecule has 2 saturated heterocycles. The molecule has 3 N–H and O–H groups in total. The van der Waals surface area contributed by atoms with Crippen LogP contribution in [0.2, 0.25) is 0 Å². The van der Waals surface area contributed by atoms with Crippen LogP contribution < -0.4 is 10.6 Å². The van der Waals surface area contributed by atoms with E-state index >= 15 is 0 Å². The molecule has 0 radical (unpaired) electrons. The summed E-state index contributed by atoms with van der Waals surface area (Å²) in [5, 5.41) is 15.9. The van der Waals surface area contributed by atoms with Crippen molar-refractivity contribution < 1.29 is 14.6 Å². The largest absolute Gasteiger partial charge is 0.394 e. The summed E-state index contributed by atoms with van der Waals surface area (Å²) < 4.78 is 5.30. The Kier molecular flexibility index (Phi) is 4.97. The topological polar surface area (TPSA) is 70.6 Å². The highest BCUT2D eigenvalue weighted by molar-refractivity contribution is 5.82. The number of carbonyl (C=O) groups excluding carboxylic acids is 1. The summed E-state index contributed by atoms with van der Waals surface area (Å²) in [4.78, 5) is 12.3. The number of hydrogen-bond donors (Lipinski definition) is 3. The zero-order valence-electron chi connectivity index (χ0n) is 10.9. The van der Waals surface area contributed by atoms with Crippen LogP contribution in [0.1, 0.15) is 38.5 Å². The summed E-state index contributed by atoms with van der Waals surface area (Å²) in [5.41, 5.74) is -0.469. The number of rotatable bonds is 3. The fraction of sp³-hybridized carbons (Fsp3) is 0.923. The van der Waals surface area contributed by atoms with Gasteiger partial charge in [-0.05, 0) is 32.2 Å². The molecular formula is C13H24N2O3. The molecule has 0 aliphatic carbocycles. The van der Waals surface area contributed by atoms with Crippen molar-refractivity contribution in [2.75, 3.05) is 26.4 Å². The van der Waals surface area contributed by atoms with Crippen molar-refractivity contribution in [3.05, 3.63) is 0 Å². The van der Waals surface area contributed by atoms with E-state index in [1.54, 1.807) is 0 Å². The first kappa shape index (κ1) is 13.8. The average molecular weight is 256 g/mol. The first-order valence-corrected chi connectivity index (χ1v) is 7.00. The van der Waals surface area contributed by atoms with Gasteiger partial charge in [-0.25, -0.2) is 0 Å². The van der Waals surface area contributed by atoms with Crippen LogP contribution in [0.25, 0.3) is 0 Å². The molecule has 0 aromatic carbocycles. The minimum atomic E-state index is -0.469. The Labute approximate surface area is 108 Å². The van der Waals surface area contributed by atoms with Crippen LogP contribution in [0.4, 0.5) is 0 Å². The Morgan fingerprint density at radius 1 is 1.33 bits per heavy atom. The van der Waals surface area contributed by atoms with Gasteiger partial charge >= 0.3 is 0 Å². The summed E-state index contributed by atoms with van der Waals surface area (Å²) in [6.07, 6.45) is 5.71. The molecule has 2 fully saturated rings. The standard InChI is InChI=1S/C13H24N2O3/c16-10-13(5-8-18-9-6-13)15-12(17)11-4-2-1-3-7-14-11/h11,14,16H,1-10H2,(H,15,17). The van der Waals surface area contributed by atoms with Crippen molar-refractivity contribution in [2.45, 2.75) is 50.1 Å². The fourth-order valence-corrected chi connectivity index (χ4v) is 2.69. The molecule has 2 aliphatic heterocycles. The van der Waals surface area contributed by atoms with E-state index in [0.29, 0.717) is 26.1 Å². The van der Waals surface area contributed by atoms with Gasteiger partial charge in [0.05, 0.1) is 18.2 Å². The van der Waals surface area contributed by atoms with Crippen LogP contribution in [-0.4, -0.2) is 49.0 Å². The van der Waals surface area contributed by atoms with Crippen molar-refractivity contribution in [2.24, 2.45) is 0 Å². The van der Waals surface area contributed by atoms with Crippen LogP contribution in [0.3, 0.4) is 0 Å². The first-order valence-electron chi connectivity index (χ1n) is 7.00. The molecule has 1 amide bonds. The van der Waals surface area contributed by atoms with Gasteiger partial charge in [0.1, 0.15) is 0 Å². The lowest BCUT2D eigenvalue weighted by molar-refractivity contribution is -0.127. The third-order valence-electron chi connectivity index (χ3n) is 4.02. The SMILES string of the molecule is O=C(NC1(CO)CCOCC1)C1CCCCCN1. The Morgan fingerprint density at radius 3 is 2.83 bits per heavy atom. The van der Waals surface area contributed by atoms with E-state index in [2.05, 4.69) is 10.6 Å². The van der Waals surface area contributed by atoms with E-state index in [-0.39, 0.29) is 18.6 Å². The van der Waals surface area contributed by atoms with Gasteiger partial charge in [-0.1, -0.05) is 12.8 Å². The van der Waals surface area contributed by atoms with Crippen LogP contribution in [0, 0.1) is 0 Å². The number of ether oxygens (including phenoxy) is 1. The summed E-state index contributed by atoms with van der Waals surface area (Å²) in [5.74, 6) is 0.0350. The molecule has 2 rings (SSSR count). The van der Waals surface area contributed by atoms with Gasteiger partial charge in [0.25, 0.3) is 0 Å². The molecule has 0 bridgehead atoms. The maximum atomic E-state index is 12.3. The minimum Gasteiger partial charge on any atom is -0.394 e. The number of aliphatic hydroxyl groups excluding tert-OH is 1. The second kappa shape index (κ2) is 6.50. The molecule has 5 heteroatoms.